The zero-order valence-electron chi connectivity index (χ0n) is 20.3. The summed E-state index contributed by atoms with van der Waals surface area (Å²) in [6, 6.07) is 8.00. The van der Waals surface area contributed by atoms with Gasteiger partial charge in [0.1, 0.15) is 11.4 Å². The van der Waals surface area contributed by atoms with E-state index < -0.39 is 48.6 Å². The van der Waals surface area contributed by atoms with Crippen LogP contribution in [0.25, 0.3) is 5.57 Å². The fraction of sp³-hybridized carbons (Fsp3) is 0.400. The van der Waals surface area contributed by atoms with Crippen molar-refractivity contribution in [3.8, 4) is 0 Å². The fourth-order valence-corrected chi connectivity index (χ4v) is 3.91. The number of amides is 1. The van der Waals surface area contributed by atoms with Crippen molar-refractivity contribution in [2.75, 3.05) is 20.1 Å². The van der Waals surface area contributed by atoms with Gasteiger partial charge in [-0.3, -0.25) is 14.8 Å². The molecule has 0 radical (unpaired) electrons. The lowest BCUT2D eigenvalue weighted by Gasteiger charge is -2.43. The second kappa shape index (κ2) is 12.0. The molecular formula is C25H30F5N5O. The first-order chi connectivity index (χ1) is 16.8. The molecule has 196 valence electrons. The molecule has 2 atom stereocenters. The summed E-state index contributed by atoms with van der Waals surface area (Å²) < 4.78 is 67.5. The molecule has 3 N–H and O–H groups in total. The average molecular weight is 512 g/mol. The van der Waals surface area contributed by atoms with Gasteiger partial charge < -0.3 is 16.0 Å². The van der Waals surface area contributed by atoms with E-state index in [1.54, 1.807) is 37.3 Å². The van der Waals surface area contributed by atoms with E-state index in [9.17, 15) is 26.7 Å². The van der Waals surface area contributed by atoms with Gasteiger partial charge in [-0.15, -0.1) is 0 Å². The Morgan fingerprint density at radius 3 is 2.50 bits per heavy atom. The second-order valence-electron chi connectivity index (χ2n) is 8.53. The van der Waals surface area contributed by atoms with E-state index in [-0.39, 0.29) is 17.9 Å². The lowest BCUT2D eigenvalue weighted by molar-refractivity contribution is -0.148. The Morgan fingerprint density at radius 2 is 1.94 bits per heavy atom. The molecule has 1 aliphatic rings. The third-order valence-electron chi connectivity index (χ3n) is 5.68. The maximum absolute atomic E-state index is 14.5. The molecule has 0 aliphatic carbocycles. The minimum Gasteiger partial charge on any atom is -0.394 e. The van der Waals surface area contributed by atoms with Crippen molar-refractivity contribution in [3.63, 3.8) is 0 Å². The number of aliphatic imine (C=N–C) groups is 2. The van der Waals surface area contributed by atoms with Gasteiger partial charge in [-0.2, -0.15) is 13.2 Å². The zero-order chi connectivity index (χ0) is 27.1. The van der Waals surface area contributed by atoms with E-state index in [1.807, 2.05) is 0 Å². The molecule has 6 nitrogen and oxygen atoms in total. The number of hydrogen-bond donors (Lipinski definition) is 2. The first kappa shape index (κ1) is 28.7. The average Bonchev–Trinajstić information content (AvgIpc) is 2.80. The van der Waals surface area contributed by atoms with Gasteiger partial charge in [-0.1, -0.05) is 43.8 Å². The fourth-order valence-electron chi connectivity index (χ4n) is 3.91. The molecule has 11 heteroatoms. The molecule has 0 saturated carbocycles. The van der Waals surface area contributed by atoms with Crippen LogP contribution in [0.3, 0.4) is 0 Å². The van der Waals surface area contributed by atoms with Crippen LogP contribution in [0.15, 0.2) is 70.6 Å². The van der Waals surface area contributed by atoms with E-state index in [0.29, 0.717) is 17.2 Å². The summed E-state index contributed by atoms with van der Waals surface area (Å²) in [5.74, 6) is -4.54. The molecule has 1 amide bonds. The topological polar surface area (TPSA) is 83.1 Å². The standard InChI is InChI=1S/C25H30F5N5O/c1-5-21(25(28,29)30)34-12-17(3)33-14-20-16(2)11-24(26,27)15-35(20)23(36)22(31)19(13-32-4)18-9-7-6-8-10-18/h5-10,12-13,16,20,33H,1,11,14-15,31H2,2-4H3/b17-12+,22-19?,32-13?,34-21?. The van der Waals surface area contributed by atoms with Gasteiger partial charge in [0.25, 0.3) is 11.8 Å². The molecule has 1 heterocycles. The number of likely N-dealkylation sites (tertiary alicyclic amines) is 1. The van der Waals surface area contributed by atoms with Gasteiger partial charge >= 0.3 is 6.18 Å². The van der Waals surface area contributed by atoms with Gasteiger partial charge in [0.15, 0.2) is 0 Å². The van der Waals surface area contributed by atoms with Crippen molar-refractivity contribution in [1.82, 2.24) is 10.2 Å². The molecule has 1 fully saturated rings. The number of nitrogens with one attached hydrogen (secondary N) is 1. The smallest absolute Gasteiger partial charge is 0.394 e. The lowest BCUT2D eigenvalue weighted by Crippen LogP contribution is -2.59. The highest BCUT2D eigenvalue weighted by molar-refractivity contribution is 6.18. The Labute approximate surface area is 207 Å². The number of hydrogen-bond acceptors (Lipinski definition) is 5. The summed E-state index contributed by atoms with van der Waals surface area (Å²) in [6.07, 6.45) is -2.16. The molecule has 1 aromatic carbocycles. The van der Waals surface area contributed by atoms with Gasteiger partial charge in [0, 0.05) is 43.7 Å². The molecular weight excluding hydrogens is 481 g/mol. The Morgan fingerprint density at radius 1 is 1.31 bits per heavy atom. The molecule has 2 rings (SSSR count). The van der Waals surface area contributed by atoms with Gasteiger partial charge in [0.2, 0.25) is 0 Å². The Kier molecular flexibility index (Phi) is 9.55. The monoisotopic (exact) mass is 511 g/mol. The zero-order valence-corrected chi connectivity index (χ0v) is 20.3. The van der Waals surface area contributed by atoms with Crippen molar-refractivity contribution in [2.24, 2.45) is 21.6 Å². The number of allylic oxidation sites excluding steroid dienone is 3. The van der Waals surface area contributed by atoms with Crippen LogP contribution in [0.4, 0.5) is 22.0 Å². The molecule has 1 aromatic rings. The predicted octanol–water partition coefficient (Wildman–Crippen LogP) is 4.57. The summed E-state index contributed by atoms with van der Waals surface area (Å²) in [5.41, 5.74) is 5.92. The van der Waals surface area contributed by atoms with Gasteiger partial charge in [0.05, 0.1) is 12.6 Å². The number of alkyl halides is 5. The van der Waals surface area contributed by atoms with Crippen LogP contribution >= 0.6 is 0 Å². The summed E-state index contributed by atoms with van der Waals surface area (Å²) in [5, 5.41) is 2.88. The summed E-state index contributed by atoms with van der Waals surface area (Å²) in [6.45, 7) is 5.33. The normalized spacial score (nSPS) is 21.8. The Bertz CT molecular complexity index is 1060. The largest absolute Gasteiger partial charge is 0.433 e. The van der Waals surface area contributed by atoms with E-state index in [1.165, 1.54) is 20.2 Å². The highest BCUT2D eigenvalue weighted by Crippen LogP contribution is 2.35. The Balaban J connectivity index is 2.36. The predicted molar refractivity (Wildman–Crippen MR) is 132 cm³/mol. The van der Waals surface area contributed by atoms with Crippen LogP contribution in [0, 0.1) is 5.92 Å². The van der Waals surface area contributed by atoms with E-state index in [2.05, 4.69) is 21.9 Å². The molecule has 36 heavy (non-hydrogen) atoms. The third-order valence-corrected chi connectivity index (χ3v) is 5.68. The van der Waals surface area contributed by atoms with E-state index in [4.69, 9.17) is 5.73 Å². The quantitative estimate of drug-likeness (QED) is 0.305. The summed E-state index contributed by atoms with van der Waals surface area (Å²) in [7, 11) is 1.50. The first-order valence-electron chi connectivity index (χ1n) is 11.1. The Hall–Kier alpha value is -3.50. The van der Waals surface area contributed by atoms with Crippen LogP contribution in [0.5, 0.6) is 0 Å². The molecule has 1 saturated heterocycles. The number of nitrogens with two attached hydrogens (primary N) is 1. The maximum Gasteiger partial charge on any atom is 0.433 e. The van der Waals surface area contributed by atoms with Crippen molar-refractivity contribution in [3.05, 3.63) is 66.1 Å². The minimum absolute atomic E-state index is 0.00605. The van der Waals surface area contributed by atoms with Crippen molar-refractivity contribution >= 4 is 23.4 Å². The number of rotatable bonds is 8. The second-order valence-corrected chi connectivity index (χ2v) is 8.53. The van der Waals surface area contributed by atoms with Crippen molar-refractivity contribution < 1.29 is 26.7 Å². The first-order valence-corrected chi connectivity index (χ1v) is 11.1. The molecule has 0 spiro atoms. The number of halogens is 5. The molecule has 0 aromatic heterocycles. The molecule has 2 unspecified atom stereocenters. The lowest BCUT2D eigenvalue weighted by atomic mass is 9.87. The van der Waals surface area contributed by atoms with Crippen LogP contribution in [0.2, 0.25) is 0 Å². The van der Waals surface area contributed by atoms with E-state index in [0.717, 1.165) is 11.1 Å². The summed E-state index contributed by atoms with van der Waals surface area (Å²) in [4.78, 5) is 21.7. The highest BCUT2D eigenvalue weighted by atomic mass is 19.4. The number of benzene rings is 1. The maximum atomic E-state index is 14.5. The SMILES string of the molecule is C=CC(=N/C=C(\C)NCC1C(C)CC(F)(F)CN1C(=O)C(N)=C(C=NC)c1ccccc1)C(F)(F)F. The molecule has 0 bridgehead atoms. The van der Waals surface area contributed by atoms with Crippen molar-refractivity contribution in [2.45, 2.75) is 38.4 Å². The van der Waals surface area contributed by atoms with Crippen LogP contribution in [0.1, 0.15) is 25.8 Å². The number of nitrogens with zero attached hydrogens (tertiary/aromatic N) is 3. The van der Waals surface area contributed by atoms with Crippen molar-refractivity contribution in [1.29, 1.82) is 0 Å². The minimum atomic E-state index is -4.66. The van der Waals surface area contributed by atoms with Crippen LogP contribution in [-0.2, 0) is 4.79 Å². The summed E-state index contributed by atoms with van der Waals surface area (Å²) >= 11 is 0. The van der Waals surface area contributed by atoms with Gasteiger partial charge in [-0.25, -0.2) is 8.78 Å². The van der Waals surface area contributed by atoms with E-state index >= 15 is 0 Å². The number of piperidine rings is 1. The third kappa shape index (κ3) is 7.50. The van der Waals surface area contributed by atoms with Gasteiger partial charge in [-0.05, 0) is 24.5 Å². The van der Waals surface area contributed by atoms with Crippen LogP contribution in [-0.4, -0.2) is 61.0 Å². The van der Waals surface area contributed by atoms with Crippen LogP contribution < -0.4 is 11.1 Å². The number of carbonyl (C=O) groups is 1. The molecule has 1 aliphatic heterocycles. The number of carbonyl (C=O) groups excluding carboxylic acids is 1. The highest BCUT2D eigenvalue weighted by Gasteiger charge is 2.46.